The molecule has 0 spiro atoms. The number of benzene rings is 1. The predicted octanol–water partition coefficient (Wildman–Crippen LogP) is 1.61. The molecule has 0 unspecified atom stereocenters. The molecule has 0 aliphatic heterocycles. The van der Waals surface area contributed by atoms with Gasteiger partial charge in [-0.3, -0.25) is 4.79 Å². The van der Waals surface area contributed by atoms with E-state index in [2.05, 4.69) is 4.99 Å². The second-order valence-electron chi connectivity index (χ2n) is 1.87. The van der Waals surface area contributed by atoms with Gasteiger partial charge in [0.25, 0.3) is 5.91 Å². The standard InChI is InChI=1S/C8H5NO2.CH3.W/c10-6-9-8(11)7-4-2-1-3-5-7;;/h1-5H;1H3;/q;-1;. The van der Waals surface area contributed by atoms with Gasteiger partial charge in [0, 0.05) is 26.6 Å². The van der Waals surface area contributed by atoms with E-state index >= 15 is 0 Å². The largest absolute Gasteiger partial charge is 0.358 e. The first-order valence-corrected chi connectivity index (χ1v) is 3.02. The summed E-state index contributed by atoms with van der Waals surface area (Å²) >= 11 is 0. The van der Waals surface area contributed by atoms with Gasteiger partial charge < -0.3 is 7.43 Å². The summed E-state index contributed by atoms with van der Waals surface area (Å²) in [5.41, 5.74) is 0.399. The Kier molecular flexibility index (Phi) is 8.46. The number of carbonyl (C=O) groups is 1. The Bertz CT molecular complexity index is 305. The summed E-state index contributed by atoms with van der Waals surface area (Å²) in [6, 6.07) is 8.36. The van der Waals surface area contributed by atoms with Gasteiger partial charge in [-0.15, -0.1) is 4.99 Å². The van der Waals surface area contributed by atoms with Gasteiger partial charge in [0.15, 0.2) is 0 Å². The minimum absolute atomic E-state index is 0. The molecule has 1 aromatic rings. The van der Waals surface area contributed by atoms with Crippen molar-refractivity contribution in [1.82, 2.24) is 0 Å². The summed E-state index contributed by atoms with van der Waals surface area (Å²) < 4.78 is 0. The molecule has 0 aromatic heterocycles. The topological polar surface area (TPSA) is 46.5 Å². The zero-order valence-electron chi connectivity index (χ0n) is 7.06. The van der Waals surface area contributed by atoms with E-state index in [9.17, 15) is 9.59 Å². The zero-order chi connectivity index (χ0) is 8.10. The average Bonchev–Trinajstić information content (AvgIpc) is 2.07. The maximum absolute atomic E-state index is 10.8. The first-order chi connectivity index (χ1) is 5.34. The zero-order valence-corrected chi connectivity index (χ0v) is 9.99. The Morgan fingerprint density at radius 2 is 1.77 bits per heavy atom. The van der Waals surface area contributed by atoms with Gasteiger partial charge in [0.05, 0.1) is 0 Å². The summed E-state index contributed by atoms with van der Waals surface area (Å²) in [7, 11) is 0. The predicted molar refractivity (Wildman–Crippen MR) is 45.3 cm³/mol. The van der Waals surface area contributed by atoms with Gasteiger partial charge in [0.2, 0.25) is 6.08 Å². The fourth-order valence-electron chi connectivity index (χ4n) is 0.687. The molecule has 0 saturated heterocycles. The van der Waals surface area contributed by atoms with E-state index in [0.29, 0.717) is 5.56 Å². The van der Waals surface area contributed by atoms with Crippen LogP contribution >= 0.6 is 0 Å². The third-order valence-electron chi connectivity index (χ3n) is 1.17. The quantitative estimate of drug-likeness (QED) is 0.441. The fourth-order valence-corrected chi connectivity index (χ4v) is 0.687. The van der Waals surface area contributed by atoms with Gasteiger partial charge in [-0.05, 0) is 12.1 Å². The Morgan fingerprint density at radius 1 is 1.23 bits per heavy atom. The molecule has 0 aliphatic carbocycles. The van der Waals surface area contributed by atoms with Crippen LogP contribution < -0.4 is 0 Å². The van der Waals surface area contributed by atoms with Crippen molar-refractivity contribution in [2.75, 3.05) is 0 Å². The van der Waals surface area contributed by atoms with E-state index in [1.807, 2.05) is 0 Å². The number of carbonyl (C=O) groups excluding carboxylic acids is 2. The summed E-state index contributed by atoms with van der Waals surface area (Å²) in [5.74, 6) is -0.555. The van der Waals surface area contributed by atoms with Crippen LogP contribution in [0.1, 0.15) is 10.4 Å². The molecule has 68 valence electrons. The molecule has 0 N–H and O–H groups in total. The molecule has 0 saturated carbocycles. The number of nitrogens with zero attached hydrogens (tertiary/aromatic N) is 1. The normalized spacial score (nSPS) is 7.08. The Balaban J connectivity index is 0. The van der Waals surface area contributed by atoms with Crippen molar-refractivity contribution >= 4 is 12.0 Å². The minimum Gasteiger partial charge on any atom is -0.358 e. The van der Waals surface area contributed by atoms with Gasteiger partial charge in [-0.1, -0.05) is 18.2 Å². The smallest absolute Gasteiger partial charge is 0.287 e. The molecule has 0 atom stereocenters. The van der Waals surface area contributed by atoms with Gasteiger partial charge >= 0.3 is 0 Å². The molecule has 4 heteroatoms. The van der Waals surface area contributed by atoms with Gasteiger partial charge in [-0.25, -0.2) is 4.79 Å². The number of aliphatic imine (C=N–C) groups is 1. The summed E-state index contributed by atoms with van der Waals surface area (Å²) in [4.78, 5) is 23.4. The molecule has 1 amide bonds. The third kappa shape index (κ3) is 4.51. The fraction of sp³-hybridized carbons (Fsp3) is 0. The van der Waals surface area contributed by atoms with Crippen LogP contribution in [0.25, 0.3) is 0 Å². The van der Waals surface area contributed by atoms with Crippen molar-refractivity contribution in [2.45, 2.75) is 0 Å². The molecule has 0 fully saturated rings. The number of hydrogen-bond acceptors (Lipinski definition) is 2. The molecule has 1 rings (SSSR count). The summed E-state index contributed by atoms with van der Waals surface area (Å²) in [5, 5.41) is 0. The average molecular weight is 346 g/mol. The van der Waals surface area contributed by atoms with Crippen LogP contribution in [0, 0.1) is 7.43 Å². The molecule has 0 bridgehead atoms. The number of amides is 1. The first kappa shape index (κ1) is 14.5. The van der Waals surface area contributed by atoms with Crippen molar-refractivity contribution in [3.8, 4) is 0 Å². The second-order valence-corrected chi connectivity index (χ2v) is 1.87. The van der Waals surface area contributed by atoms with Crippen LogP contribution in [0.4, 0.5) is 0 Å². The van der Waals surface area contributed by atoms with E-state index in [1.54, 1.807) is 30.3 Å². The molecule has 0 heterocycles. The number of hydrogen-bond donors (Lipinski definition) is 0. The summed E-state index contributed by atoms with van der Waals surface area (Å²) in [6.07, 6.45) is 1.19. The van der Waals surface area contributed by atoms with E-state index < -0.39 is 5.91 Å². The Morgan fingerprint density at radius 3 is 2.23 bits per heavy atom. The third-order valence-corrected chi connectivity index (χ3v) is 1.17. The van der Waals surface area contributed by atoms with Crippen LogP contribution in [0.15, 0.2) is 35.3 Å². The Hall–Kier alpha value is -1.04. The van der Waals surface area contributed by atoms with Crippen molar-refractivity contribution < 1.29 is 30.7 Å². The van der Waals surface area contributed by atoms with Crippen LogP contribution in [0.2, 0.25) is 0 Å². The van der Waals surface area contributed by atoms with E-state index in [4.69, 9.17) is 0 Å². The minimum atomic E-state index is -0.555. The number of isocyanates is 1. The first-order valence-electron chi connectivity index (χ1n) is 3.02. The maximum Gasteiger partial charge on any atom is 0.287 e. The monoisotopic (exact) mass is 346 g/mol. The van der Waals surface area contributed by atoms with Crippen LogP contribution in [0.5, 0.6) is 0 Å². The van der Waals surface area contributed by atoms with Crippen LogP contribution in [-0.4, -0.2) is 12.0 Å². The van der Waals surface area contributed by atoms with Crippen molar-refractivity contribution in [3.05, 3.63) is 43.3 Å². The molecular weight excluding hydrogens is 338 g/mol. The SMILES string of the molecule is O=C=NC(=O)c1ccccc1.[CH3-].[W]. The van der Waals surface area contributed by atoms with Crippen LogP contribution in [0.3, 0.4) is 0 Å². The summed E-state index contributed by atoms with van der Waals surface area (Å²) in [6.45, 7) is 0. The van der Waals surface area contributed by atoms with Crippen molar-refractivity contribution in [2.24, 2.45) is 4.99 Å². The van der Waals surface area contributed by atoms with E-state index in [1.165, 1.54) is 6.08 Å². The van der Waals surface area contributed by atoms with E-state index in [0.717, 1.165) is 0 Å². The second kappa shape index (κ2) is 7.60. The Labute approximate surface area is 91.1 Å². The molecule has 1 aromatic carbocycles. The van der Waals surface area contributed by atoms with Gasteiger partial charge in [0.1, 0.15) is 0 Å². The van der Waals surface area contributed by atoms with Gasteiger partial charge in [-0.2, -0.15) is 0 Å². The van der Waals surface area contributed by atoms with Crippen molar-refractivity contribution in [1.29, 1.82) is 0 Å². The maximum atomic E-state index is 10.8. The number of rotatable bonds is 1. The molecule has 0 aliphatic rings. The van der Waals surface area contributed by atoms with Crippen molar-refractivity contribution in [3.63, 3.8) is 0 Å². The molecule has 3 nitrogen and oxygen atoms in total. The van der Waals surface area contributed by atoms with E-state index in [-0.39, 0.29) is 28.5 Å². The van der Waals surface area contributed by atoms with Crippen LogP contribution in [-0.2, 0) is 25.9 Å². The molecule has 0 radical (unpaired) electrons. The molecule has 13 heavy (non-hydrogen) atoms. The molecular formula is C9H8NO2W-.